The first-order chi connectivity index (χ1) is 11.1. The summed E-state index contributed by atoms with van der Waals surface area (Å²) in [4.78, 5) is 12.1. The summed E-state index contributed by atoms with van der Waals surface area (Å²) in [6.07, 6.45) is 10.7. The third kappa shape index (κ3) is 5.38. The minimum Gasteiger partial charge on any atom is -0.464 e. The first-order valence-corrected chi connectivity index (χ1v) is 9.11. The predicted octanol–water partition coefficient (Wildman–Crippen LogP) is 4.66. The van der Waals surface area contributed by atoms with Crippen molar-refractivity contribution in [2.45, 2.75) is 90.3 Å². The van der Waals surface area contributed by atoms with Crippen molar-refractivity contribution in [1.29, 1.82) is 0 Å². The lowest BCUT2D eigenvalue weighted by Crippen LogP contribution is -2.29. The highest BCUT2D eigenvalue weighted by molar-refractivity contribution is 5.36. The molecule has 1 aliphatic heterocycles. The maximum absolute atomic E-state index is 12.1. The quantitative estimate of drug-likeness (QED) is 0.672. The van der Waals surface area contributed by atoms with E-state index in [9.17, 15) is 9.90 Å². The number of ether oxygens (including phenoxy) is 1. The van der Waals surface area contributed by atoms with Crippen LogP contribution in [0.4, 0.5) is 0 Å². The van der Waals surface area contributed by atoms with Crippen LogP contribution in [-0.2, 0) is 0 Å². The Morgan fingerprint density at radius 3 is 2.48 bits per heavy atom. The van der Waals surface area contributed by atoms with Crippen molar-refractivity contribution in [3.63, 3.8) is 0 Å². The van der Waals surface area contributed by atoms with E-state index in [4.69, 9.17) is 9.15 Å². The number of aryl methyl sites for hydroxylation is 1. The molecule has 23 heavy (non-hydrogen) atoms. The van der Waals surface area contributed by atoms with E-state index in [2.05, 4.69) is 6.92 Å². The number of aliphatic hydroxyl groups is 1. The molecule has 130 valence electrons. The molecule has 4 nitrogen and oxygen atoms in total. The Bertz CT molecular complexity index is 535. The van der Waals surface area contributed by atoms with E-state index in [0.717, 1.165) is 12.8 Å². The Morgan fingerprint density at radius 1 is 1.13 bits per heavy atom. The van der Waals surface area contributed by atoms with Crippen LogP contribution < -0.4 is 10.4 Å². The fraction of sp³-hybridized carbons (Fsp3) is 0.737. The van der Waals surface area contributed by atoms with Gasteiger partial charge in [0.05, 0.1) is 5.56 Å². The smallest absolute Gasteiger partial charge is 0.343 e. The molecule has 0 fully saturated rings. The number of hydrogen-bond donors (Lipinski definition) is 1. The van der Waals surface area contributed by atoms with Crippen molar-refractivity contribution < 1.29 is 14.3 Å². The lowest BCUT2D eigenvalue weighted by molar-refractivity contribution is -0.0410. The fourth-order valence-corrected chi connectivity index (χ4v) is 3.40. The molecule has 2 rings (SSSR count). The van der Waals surface area contributed by atoms with E-state index in [-0.39, 0.29) is 11.5 Å². The third-order valence-corrected chi connectivity index (χ3v) is 4.64. The van der Waals surface area contributed by atoms with Crippen molar-refractivity contribution in [2.75, 3.05) is 0 Å². The van der Waals surface area contributed by atoms with Crippen LogP contribution in [0.1, 0.15) is 88.4 Å². The standard InChI is InChI=1S/C19H30O4/c1-3-4-5-6-7-8-9-10-11-15-13-17(20)23-16-12-14(2)22-19(21)18(15)16/h12,15,17,20H,3-11,13H2,1-2H3/t15-,17?/m1/s1. The van der Waals surface area contributed by atoms with Gasteiger partial charge in [0.2, 0.25) is 0 Å². The van der Waals surface area contributed by atoms with Crippen LogP contribution in [0.25, 0.3) is 0 Å². The molecule has 1 aliphatic rings. The zero-order valence-electron chi connectivity index (χ0n) is 14.5. The van der Waals surface area contributed by atoms with E-state index in [1.54, 1.807) is 13.0 Å². The van der Waals surface area contributed by atoms with Crippen molar-refractivity contribution in [3.05, 3.63) is 27.8 Å². The molecule has 0 bridgehead atoms. The molecule has 0 radical (unpaired) electrons. The van der Waals surface area contributed by atoms with Gasteiger partial charge < -0.3 is 14.3 Å². The molecular formula is C19H30O4. The highest BCUT2D eigenvalue weighted by Crippen LogP contribution is 2.37. The zero-order chi connectivity index (χ0) is 16.7. The van der Waals surface area contributed by atoms with Crippen LogP contribution in [-0.4, -0.2) is 11.4 Å². The Morgan fingerprint density at radius 2 is 1.78 bits per heavy atom. The lowest BCUT2D eigenvalue weighted by atomic mass is 9.88. The lowest BCUT2D eigenvalue weighted by Gasteiger charge is -2.28. The molecule has 1 aromatic heterocycles. The van der Waals surface area contributed by atoms with E-state index in [1.165, 1.54) is 44.9 Å². The Hall–Kier alpha value is -1.29. The summed E-state index contributed by atoms with van der Waals surface area (Å²) in [5, 5.41) is 9.88. The number of unbranched alkanes of at least 4 members (excludes halogenated alkanes) is 7. The maximum Gasteiger partial charge on any atom is 0.343 e. The second-order valence-corrected chi connectivity index (χ2v) is 6.69. The number of hydrogen-bond acceptors (Lipinski definition) is 4. The van der Waals surface area contributed by atoms with Gasteiger partial charge in [0.15, 0.2) is 6.29 Å². The second-order valence-electron chi connectivity index (χ2n) is 6.69. The largest absolute Gasteiger partial charge is 0.464 e. The van der Waals surface area contributed by atoms with E-state index >= 15 is 0 Å². The summed E-state index contributed by atoms with van der Waals surface area (Å²) in [7, 11) is 0. The molecule has 1 unspecified atom stereocenters. The topological polar surface area (TPSA) is 59.7 Å². The van der Waals surface area contributed by atoms with Crippen LogP contribution in [0.2, 0.25) is 0 Å². The zero-order valence-corrected chi connectivity index (χ0v) is 14.5. The normalized spacial score (nSPS) is 20.1. The van der Waals surface area contributed by atoms with Crippen LogP contribution in [0, 0.1) is 6.92 Å². The van der Waals surface area contributed by atoms with E-state index in [0.29, 0.717) is 23.5 Å². The van der Waals surface area contributed by atoms with Crippen LogP contribution in [0.5, 0.6) is 5.75 Å². The van der Waals surface area contributed by atoms with Gasteiger partial charge in [-0.2, -0.15) is 0 Å². The van der Waals surface area contributed by atoms with E-state index < -0.39 is 6.29 Å². The van der Waals surface area contributed by atoms with Gasteiger partial charge >= 0.3 is 5.63 Å². The molecule has 2 atom stereocenters. The number of rotatable bonds is 9. The van der Waals surface area contributed by atoms with Crippen LogP contribution in [0.15, 0.2) is 15.3 Å². The minimum atomic E-state index is -0.817. The molecule has 1 N–H and O–H groups in total. The van der Waals surface area contributed by atoms with Gasteiger partial charge in [-0.15, -0.1) is 0 Å². The number of aliphatic hydroxyl groups excluding tert-OH is 1. The molecule has 0 saturated carbocycles. The van der Waals surface area contributed by atoms with Gasteiger partial charge in [-0.3, -0.25) is 0 Å². The fourth-order valence-electron chi connectivity index (χ4n) is 3.40. The summed E-state index contributed by atoms with van der Waals surface area (Å²) in [5.74, 6) is 1.07. The highest BCUT2D eigenvalue weighted by Gasteiger charge is 2.30. The molecule has 0 spiro atoms. The highest BCUT2D eigenvalue weighted by atomic mass is 16.6. The van der Waals surface area contributed by atoms with Crippen molar-refractivity contribution >= 4 is 0 Å². The average molecular weight is 322 g/mol. The summed E-state index contributed by atoms with van der Waals surface area (Å²) in [6.45, 7) is 3.96. The van der Waals surface area contributed by atoms with Crippen molar-refractivity contribution in [3.8, 4) is 5.75 Å². The molecule has 2 heterocycles. The summed E-state index contributed by atoms with van der Waals surface area (Å²) in [5.41, 5.74) is 0.306. The Kier molecular flexibility index (Phi) is 7.15. The molecule has 0 aliphatic carbocycles. The second kappa shape index (κ2) is 9.11. The molecule has 0 aromatic carbocycles. The average Bonchev–Trinajstić information content (AvgIpc) is 2.48. The molecule has 4 heteroatoms. The van der Waals surface area contributed by atoms with Crippen LogP contribution in [0.3, 0.4) is 0 Å². The monoisotopic (exact) mass is 322 g/mol. The van der Waals surface area contributed by atoms with Gasteiger partial charge in [-0.25, -0.2) is 4.79 Å². The van der Waals surface area contributed by atoms with Gasteiger partial charge in [-0.05, 0) is 13.3 Å². The van der Waals surface area contributed by atoms with Gasteiger partial charge in [-0.1, -0.05) is 58.3 Å². The number of fused-ring (bicyclic) bond motifs is 1. The van der Waals surface area contributed by atoms with Gasteiger partial charge in [0.1, 0.15) is 11.5 Å². The third-order valence-electron chi connectivity index (χ3n) is 4.64. The minimum absolute atomic E-state index is 0.0469. The molecular weight excluding hydrogens is 292 g/mol. The van der Waals surface area contributed by atoms with Crippen molar-refractivity contribution in [1.82, 2.24) is 0 Å². The van der Waals surface area contributed by atoms with Gasteiger partial charge in [0.25, 0.3) is 0 Å². The van der Waals surface area contributed by atoms with Crippen LogP contribution >= 0.6 is 0 Å². The SMILES string of the molecule is CCCCCCCCCC[C@@H]1CC(O)Oc2cc(C)oc(=O)c21. The molecule has 0 saturated heterocycles. The summed E-state index contributed by atoms with van der Waals surface area (Å²) >= 11 is 0. The Balaban J connectivity index is 1.81. The van der Waals surface area contributed by atoms with E-state index in [1.807, 2.05) is 0 Å². The first-order valence-electron chi connectivity index (χ1n) is 9.11. The predicted molar refractivity (Wildman–Crippen MR) is 90.9 cm³/mol. The summed E-state index contributed by atoms with van der Waals surface area (Å²) in [6, 6.07) is 1.71. The summed E-state index contributed by atoms with van der Waals surface area (Å²) < 4.78 is 10.6. The Labute approximate surface area is 138 Å². The molecule has 1 aromatic rings. The van der Waals surface area contributed by atoms with Gasteiger partial charge in [0, 0.05) is 18.4 Å². The van der Waals surface area contributed by atoms with Crippen molar-refractivity contribution in [2.24, 2.45) is 0 Å². The molecule has 0 amide bonds. The maximum atomic E-state index is 12.1. The first kappa shape index (κ1) is 18.1.